The Labute approximate surface area is 156 Å². The third kappa shape index (κ3) is 4.60. The number of amides is 2. The Morgan fingerprint density at radius 2 is 1.92 bits per heavy atom. The summed E-state index contributed by atoms with van der Waals surface area (Å²) >= 11 is 0. The number of unbranched alkanes of at least 4 members (excludes halogenated alkanes) is 1. The van der Waals surface area contributed by atoms with Gasteiger partial charge in [0, 0.05) is 17.9 Å². The van der Waals surface area contributed by atoms with Gasteiger partial charge in [-0.25, -0.2) is 0 Å². The largest absolute Gasteiger partial charge is 0.296 e. The van der Waals surface area contributed by atoms with Crippen LogP contribution in [0, 0.1) is 18.3 Å². The standard InChI is InChI=1S/C14H20O.C8H11NO2/c1-4-6-10-14(15)13-9-7-8-11(3)12(13)5-2;1-5-4-8(2-3-8)7(11)9-6(5)10/h7-9H,4-6,10H2,1-3H3;5H,2-4H2,1H3,(H,9,10,11). The zero-order valence-corrected chi connectivity index (χ0v) is 16.5. The molecule has 1 atom stereocenters. The van der Waals surface area contributed by atoms with Crippen molar-refractivity contribution in [2.45, 2.75) is 72.6 Å². The van der Waals surface area contributed by atoms with Crippen LogP contribution in [0.1, 0.15) is 80.8 Å². The van der Waals surface area contributed by atoms with Gasteiger partial charge in [-0.15, -0.1) is 0 Å². The van der Waals surface area contributed by atoms with Crippen molar-refractivity contribution in [3.05, 3.63) is 34.9 Å². The van der Waals surface area contributed by atoms with Crippen molar-refractivity contribution in [2.75, 3.05) is 0 Å². The number of nitrogens with one attached hydrogen (secondary N) is 1. The van der Waals surface area contributed by atoms with Crippen LogP contribution in [0.3, 0.4) is 0 Å². The number of Topliss-reactive ketones (excluding diaryl/α,β-unsaturated/α-hetero) is 1. The summed E-state index contributed by atoms with van der Waals surface area (Å²) in [7, 11) is 0. The van der Waals surface area contributed by atoms with Crippen molar-refractivity contribution in [1.82, 2.24) is 5.32 Å². The number of hydrogen-bond acceptors (Lipinski definition) is 3. The third-order valence-corrected chi connectivity index (χ3v) is 5.54. The third-order valence-electron chi connectivity index (χ3n) is 5.54. The van der Waals surface area contributed by atoms with Gasteiger partial charge in [0.05, 0.1) is 5.41 Å². The molecule has 4 nitrogen and oxygen atoms in total. The fraction of sp³-hybridized carbons (Fsp3) is 0.591. The van der Waals surface area contributed by atoms with E-state index in [9.17, 15) is 14.4 Å². The van der Waals surface area contributed by atoms with Crippen LogP contribution >= 0.6 is 0 Å². The Hall–Kier alpha value is -1.97. The van der Waals surface area contributed by atoms with Crippen molar-refractivity contribution < 1.29 is 14.4 Å². The first-order valence-corrected chi connectivity index (χ1v) is 9.81. The molecular weight excluding hydrogens is 326 g/mol. The lowest BCUT2D eigenvalue weighted by Crippen LogP contribution is -2.46. The Bertz CT molecular complexity index is 689. The zero-order valence-electron chi connectivity index (χ0n) is 16.5. The van der Waals surface area contributed by atoms with E-state index in [4.69, 9.17) is 0 Å². The van der Waals surface area contributed by atoms with Crippen molar-refractivity contribution in [2.24, 2.45) is 11.3 Å². The Morgan fingerprint density at radius 1 is 1.23 bits per heavy atom. The second kappa shape index (κ2) is 8.61. The number of imide groups is 1. The van der Waals surface area contributed by atoms with Crippen molar-refractivity contribution >= 4 is 17.6 Å². The maximum atomic E-state index is 11.9. The number of ketones is 1. The van der Waals surface area contributed by atoms with Gasteiger partial charge in [-0.3, -0.25) is 19.7 Å². The summed E-state index contributed by atoms with van der Waals surface area (Å²) in [4.78, 5) is 34.1. The van der Waals surface area contributed by atoms with E-state index >= 15 is 0 Å². The fourth-order valence-electron chi connectivity index (χ4n) is 3.63. The molecule has 1 aliphatic heterocycles. The van der Waals surface area contributed by atoms with Crippen LogP contribution < -0.4 is 5.32 Å². The molecule has 0 radical (unpaired) electrons. The molecule has 1 unspecified atom stereocenters. The minimum absolute atomic E-state index is 0.0233. The van der Waals surface area contributed by atoms with Gasteiger partial charge in [-0.2, -0.15) is 0 Å². The molecule has 0 bridgehead atoms. The first kappa shape index (κ1) is 20.3. The van der Waals surface area contributed by atoms with Crippen LogP contribution in [0.5, 0.6) is 0 Å². The average Bonchev–Trinajstić information content (AvgIpc) is 3.39. The molecule has 1 aliphatic carbocycles. The van der Waals surface area contributed by atoms with E-state index < -0.39 is 0 Å². The maximum absolute atomic E-state index is 11.9. The molecule has 1 saturated heterocycles. The predicted octanol–water partition coefficient (Wildman–Crippen LogP) is 4.38. The van der Waals surface area contributed by atoms with Crippen LogP contribution in [0.25, 0.3) is 0 Å². The first-order valence-electron chi connectivity index (χ1n) is 9.81. The molecule has 1 aromatic carbocycles. The van der Waals surface area contributed by atoms with E-state index in [2.05, 4.69) is 32.2 Å². The zero-order chi connectivity index (χ0) is 19.3. The second-order valence-corrected chi connectivity index (χ2v) is 7.69. The van der Waals surface area contributed by atoms with E-state index in [0.717, 1.165) is 44.1 Å². The summed E-state index contributed by atoms with van der Waals surface area (Å²) < 4.78 is 0. The number of aryl methyl sites for hydroxylation is 1. The molecule has 1 aromatic rings. The topological polar surface area (TPSA) is 63.2 Å². The normalized spacial score (nSPS) is 20.2. The minimum Gasteiger partial charge on any atom is -0.296 e. The van der Waals surface area contributed by atoms with Gasteiger partial charge >= 0.3 is 0 Å². The minimum atomic E-state index is -0.132. The lowest BCUT2D eigenvalue weighted by Gasteiger charge is -2.24. The summed E-state index contributed by atoms with van der Waals surface area (Å²) in [6, 6.07) is 6.02. The summed E-state index contributed by atoms with van der Waals surface area (Å²) in [5, 5.41) is 2.40. The van der Waals surface area contributed by atoms with Gasteiger partial charge in [0.1, 0.15) is 0 Å². The van der Waals surface area contributed by atoms with Crippen LogP contribution in [0.15, 0.2) is 18.2 Å². The highest BCUT2D eigenvalue weighted by Gasteiger charge is 2.54. The highest BCUT2D eigenvalue weighted by atomic mass is 16.2. The van der Waals surface area contributed by atoms with Crippen LogP contribution in [-0.4, -0.2) is 17.6 Å². The van der Waals surface area contributed by atoms with E-state index in [1.165, 1.54) is 11.1 Å². The molecule has 1 heterocycles. The highest BCUT2D eigenvalue weighted by molar-refractivity contribution is 6.02. The number of hydrogen-bond donors (Lipinski definition) is 1. The number of carbonyl (C=O) groups is 3. The SMILES string of the molecule is CC1CC2(CC2)C(=O)NC1=O.CCCCC(=O)c1cccc(C)c1CC. The Balaban J connectivity index is 0.000000195. The number of carbonyl (C=O) groups excluding carboxylic acids is 3. The van der Waals surface area contributed by atoms with Gasteiger partial charge in [0.25, 0.3) is 0 Å². The molecule has 142 valence electrons. The molecule has 0 aromatic heterocycles. The van der Waals surface area contributed by atoms with Crippen LogP contribution in [0.4, 0.5) is 0 Å². The second-order valence-electron chi connectivity index (χ2n) is 7.69. The van der Waals surface area contributed by atoms with Gasteiger partial charge < -0.3 is 0 Å². The summed E-state index contributed by atoms with van der Waals surface area (Å²) in [5.74, 6) is 0.181. The lowest BCUT2D eigenvalue weighted by molar-refractivity contribution is -0.140. The van der Waals surface area contributed by atoms with Crippen molar-refractivity contribution in [1.29, 1.82) is 0 Å². The molecule has 2 amide bonds. The van der Waals surface area contributed by atoms with Crippen LogP contribution in [-0.2, 0) is 16.0 Å². The predicted molar refractivity (Wildman–Crippen MR) is 103 cm³/mol. The molecule has 4 heteroatoms. The molecule has 2 fully saturated rings. The van der Waals surface area contributed by atoms with E-state index in [0.29, 0.717) is 12.2 Å². The van der Waals surface area contributed by atoms with Gasteiger partial charge in [0.15, 0.2) is 5.78 Å². The quantitative estimate of drug-likeness (QED) is 0.628. The fourth-order valence-corrected chi connectivity index (χ4v) is 3.63. The average molecular weight is 357 g/mol. The van der Waals surface area contributed by atoms with Crippen molar-refractivity contribution in [3.8, 4) is 0 Å². The van der Waals surface area contributed by atoms with E-state index in [-0.39, 0.29) is 23.1 Å². The molecular formula is C22H31NO3. The molecule has 1 N–H and O–H groups in total. The number of piperidine rings is 1. The number of rotatable bonds is 5. The molecule has 26 heavy (non-hydrogen) atoms. The number of benzene rings is 1. The molecule has 3 rings (SSSR count). The molecule has 2 aliphatic rings. The summed E-state index contributed by atoms with van der Waals surface area (Å²) in [5.41, 5.74) is 3.26. The van der Waals surface area contributed by atoms with Gasteiger partial charge in [0.2, 0.25) is 11.8 Å². The van der Waals surface area contributed by atoms with Crippen molar-refractivity contribution in [3.63, 3.8) is 0 Å². The maximum Gasteiger partial charge on any atom is 0.232 e. The molecule has 1 spiro atoms. The Kier molecular flexibility index (Phi) is 6.74. The monoisotopic (exact) mass is 357 g/mol. The summed E-state index contributed by atoms with van der Waals surface area (Å²) in [6.45, 7) is 8.18. The highest BCUT2D eigenvalue weighted by Crippen LogP contribution is 2.52. The molecule has 1 saturated carbocycles. The smallest absolute Gasteiger partial charge is 0.232 e. The first-order chi connectivity index (χ1) is 12.3. The van der Waals surface area contributed by atoms with Crippen LogP contribution in [0.2, 0.25) is 0 Å². The van der Waals surface area contributed by atoms with E-state index in [1.807, 2.05) is 19.1 Å². The summed E-state index contributed by atoms with van der Waals surface area (Å²) in [6.07, 6.45) is 6.41. The van der Waals surface area contributed by atoms with Gasteiger partial charge in [-0.05, 0) is 50.2 Å². The lowest BCUT2D eigenvalue weighted by atomic mass is 9.88. The van der Waals surface area contributed by atoms with E-state index in [1.54, 1.807) is 0 Å². The Morgan fingerprint density at radius 3 is 2.50 bits per heavy atom. The van der Waals surface area contributed by atoms with Gasteiger partial charge in [-0.1, -0.05) is 45.4 Å².